The average Bonchev–Trinajstić information content (AvgIpc) is 3.14. The van der Waals surface area contributed by atoms with E-state index in [0.717, 1.165) is 12.1 Å². The lowest BCUT2D eigenvalue weighted by atomic mass is 9.84. The molecule has 1 amide bonds. The number of aromatic nitrogens is 2. The van der Waals surface area contributed by atoms with Gasteiger partial charge >= 0.3 is 0 Å². The lowest BCUT2D eigenvalue weighted by molar-refractivity contribution is 0.0892. The number of halogens is 4. The number of rotatable bonds is 6. The molecular weight excluding hydrogens is 438 g/mol. The van der Waals surface area contributed by atoms with E-state index in [0.29, 0.717) is 11.0 Å². The highest BCUT2D eigenvalue weighted by molar-refractivity contribution is 5.97. The molecule has 1 aromatic heterocycles. The van der Waals surface area contributed by atoms with Crippen LogP contribution in [0.4, 0.5) is 17.6 Å². The van der Waals surface area contributed by atoms with Crippen LogP contribution in [0.3, 0.4) is 0 Å². The lowest BCUT2D eigenvalue weighted by Crippen LogP contribution is -2.34. The summed E-state index contributed by atoms with van der Waals surface area (Å²) >= 11 is 0. The van der Waals surface area contributed by atoms with Gasteiger partial charge in [-0.05, 0) is 30.3 Å². The van der Waals surface area contributed by atoms with Crippen LogP contribution in [0.2, 0.25) is 0 Å². The van der Waals surface area contributed by atoms with E-state index in [1.165, 1.54) is 66.2 Å². The van der Waals surface area contributed by atoms with Crippen molar-refractivity contribution in [3.8, 4) is 0 Å². The fourth-order valence-corrected chi connectivity index (χ4v) is 3.82. The quantitative estimate of drug-likeness (QED) is 0.428. The van der Waals surface area contributed by atoms with Crippen LogP contribution in [-0.2, 0) is 12.6 Å². The number of hydrogen-bond acceptors (Lipinski definition) is 3. The number of fused-ring (bicyclic) bond motifs is 1. The van der Waals surface area contributed by atoms with E-state index in [1.54, 1.807) is 0 Å². The lowest BCUT2D eigenvalue weighted by Gasteiger charge is -2.29. The minimum absolute atomic E-state index is 0.0853. The Labute approximate surface area is 186 Å². The molecule has 4 rings (SSSR count). The van der Waals surface area contributed by atoms with Crippen LogP contribution in [0.25, 0.3) is 11.0 Å². The maximum Gasteiger partial charge on any atom is 0.255 e. The number of carbonyl (C=O) groups excluding carboxylic acids is 1. The molecular formula is C24H19F4N3O2. The molecule has 1 heterocycles. The van der Waals surface area contributed by atoms with Crippen molar-refractivity contribution < 1.29 is 27.5 Å². The molecule has 33 heavy (non-hydrogen) atoms. The van der Waals surface area contributed by atoms with Gasteiger partial charge in [-0.2, -0.15) is 0 Å². The molecule has 0 radical (unpaired) electrons. The Hall–Kier alpha value is -3.72. The maximum atomic E-state index is 14.9. The molecule has 4 aromatic rings. The zero-order valence-corrected chi connectivity index (χ0v) is 17.4. The van der Waals surface area contributed by atoms with Crippen molar-refractivity contribution in [1.82, 2.24) is 14.9 Å². The number of hydrogen-bond donors (Lipinski definition) is 2. The predicted octanol–water partition coefficient (Wildman–Crippen LogP) is 4.13. The number of alkyl halides is 2. The summed E-state index contributed by atoms with van der Waals surface area (Å²) in [4.78, 5) is 16.6. The summed E-state index contributed by atoms with van der Waals surface area (Å²) in [6.45, 7) is -0.798. The number of aryl methyl sites for hydroxylation is 1. The second-order valence-corrected chi connectivity index (χ2v) is 7.47. The highest BCUT2D eigenvalue weighted by atomic mass is 19.3. The van der Waals surface area contributed by atoms with Gasteiger partial charge in [-0.1, -0.05) is 36.4 Å². The maximum absolute atomic E-state index is 14.9. The number of nitrogens with zero attached hydrogens (tertiary/aromatic N) is 2. The Morgan fingerprint density at radius 1 is 1.03 bits per heavy atom. The summed E-state index contributed by atoms with van der Waals surface area (Å²) in [5.74, 6) is -2.32. The number of imidazole rings is 1. The van der Waals surface area contributed by atoms with Crippen LogP contribution >= 0.6 is 0 Å². The van der Waals surface area contributed by atoms with Crippen LogP contribution < -0.4 is 5.32 Å². The van der Waals surface area contributed by atoms with Gasteiger partial charge in [-0.3, -0.25) is 4.79 Å². The Morgan fingerprint density at radius 3 is 2.15 bits per heavy atom. The minimum Gasteiger partial charge on any atom is -0.373 e. The van der Waals surface area contributed by atoms with Crippen LogP contribution in [0, 0.1) is 11.6 Å². The van der Waals surface area contributed by atoms with Gasteiger partial charge in [0, 0.05) is 23.7 Å². The van der Waals surface area contributed by atoms with Crippen molar-refractivity contribution in [3.63, 3.8) is 0 Å². The first kappa shape index (κ1) is 22.5. The molecule has 0 aliphatic heterocycles. The van der Waals surface area contributed by atoms with Crippen LogP contribution in [0.15, 0.2) is 66.7 Å². The van der Waals surface area contributed by atoms with Crippen molar-refractivity contribution in [3.05, 3.63) is 101 Å². The molecule has 0 aliphatic carbocycles. The first-order valence-electron chi connectivity index (χ1n) is 9.99. The summed E-state index contributed by atoms with van der Waals surface area (Å²) in [6.07, 6.45) is -2.70. The van der Waals surface area contributed by atoms with E-state index in [1.807, 2.05) is 0 Å². The molecule has 0 aliphatic rings. The van der Waals surface area contributed by atoms with Crippen molar-refractivity contribution >= 4 is 16.9 Å². The number of carbonyl (C=O) groups is 1. The molecule has 0 atom stereocenters. The highest BCUT2D eigenvalue weighted by Crippen LogP contribution is 2.39. The van der Waals surface area contributed by atoms with E-state index in [4.69, 9.17) is 0 Å². The predicted molar refractivity (Wildman–Crippen MR) is 114 cm³/mol. The van der Waals surface area contributed by atoms with Gasteiger partial charge in [0.2, 0.25) is 0 Å². The van der Waals surface area contributed by atoms with E-state index in [9.17, 15) is 27.5 Å². The fourth-order valence-electron chi connectivity index (χ4n) is 3.82. The first-order valence-corrected chi connectivity index (χ1v) is 9.99. The zero-order chi connectivity index (χ0) is 23.8. The highest BCUT2D eigenvalue weighted by Gasteiger charge is 2.42. The zero-order valence-electron chi connectivity index (χ0n) is 17.4. The van der Waals surface area contributed by atoms with Gasteiger partial charge in [-0.25, -0.2) is 22.5 Å². The van der Waals surface area contributed by atoms with Crippen molar-refractivity contribution in [2.24, 2.45) is 7.05 Å². The smallest absolute Gasteiger partial charge is 0.255 e. The monoisotopic (exact) mass is 457 g/mol. The molecule has 9 heteroatoms. The van der Waals surface area contributed by atoms with Gasteiger partial charge in [0.25, 0.3) is 12.3 Å². The molecule has 5 nitrogen and oxygen atoms in total. The molecule has 0 saturated heterocycles. The normalized spacial score (nSPS) is 11.8. The van der Waals surface area contributed by atoms with Gasteiger partial charge < -0.3 is 15.0 Å². The number of amides is 1. The summed E-state index contributed by atoms with van der Waals surface area (Å²) in [5.41, 5.74) is -1.92. The molecule has 0 fully saturated rings. The summed E-state index contributed by atoms with van der Waals surface area (Å²) in [7, 11) is 1.53. The van der Waals surface area contributed by atoms with Crippen LogP contribution in [-0.4, -0.2) is 33.5 Å². The average molecular weight is 457 g/mol. The molecule has 0 spiro atoms. The molecule has 0 saturated carbocycles. The first-order chi connectivity index (χ1) is 15.7. The number of benzene rings is 3. The SMILES string of the molecule is Cn1c(C(O)(c2ccccc2F)c2ccccc2F)nc2ccc(C(=O)NCC(F)F)cc21. The van der Waals surface area contributed by atoms with Crippen molar-refractivity contribution in [1.29, 1.82) is 0 Å². The molecule has 0 bridgehead atoms. The van der Waals surface area contributed by atoms with E-state index >= 15 is 0 Å². The molecule has 170 valence electrons. The summed E-state index contributed by atoms with van der Waals surface area (Å²) in [6, 6.07) is 15.2. The van der Waals surface area contributed by atoms with E-state index in [-0.39, 0.29) is 22.5 Å². The largest absolute Gasteiger partial charge is 0.373 e. The van der Waals surface area contributed by atoms with Crippen molar-refractivity contribution in [2.75, 3.05) is 6.54 Å². The Balaban J connectivity index is 1.91. The third kappa shape index (κ3) is 3.95. The van der Waals surface area contributed by atoms with Gasteiger partial charge in [0.05, 0.1) is 17.6 Å². The Kier molecular flexibility index (Phi) is 5.90. The second kappa shape index (κ2) is 8.67. The second-order valence-electron chi connectivity index (χ2n) is 7.47. The minimum atomic E-state index is -2.70. The van der Waals surface area contributed by atoms with Gasteiger partial charge in [-0.15, -0.1) is 0 Å². The summed E-state index contributed by atoms with van der Waals surface area (Å²) < 4.78 is 56.0. The van der Waals surface area contributed by atoms with Gasteiger partial charge in [0.1, 0.15) is 11.6 Å². The van der Waals surface area contributed by atoms with E-state index in [2.05, 4.69) is 10.3 Å². The summed E-state index contributed by atoms with van der Waals surface area (Å²) in [5, 5.41) is 14.0. The molecule has 2 N–H and O–H groups in total. The standard InChI is InChI=1S/C24H19F4N3O2/c1-31-20-12-14(22(32)29-13-21(27)28)10-11-19(20)30-23(31)24(33,15-6-2-4-8-17(15)25)16-7-3-5-9-18(16)26/h2-12,21,33H,13H2,1H3,(H,29,32). The number of nitrogens with one attached hydrogen (secondary N) is 1. The molecule has 0 unspecified atom stereocenters. The molecule has 3 aromatic carbocycles. The third-order valence-corrected chi connectivity index (χ3v) is 5.41. The number of aliphatic hydroxyl groups is 1. The fraction of sp³-hybridized carbons (Fsp3) is 0.167. The Bertz CT molecular complexity index is 1290. The van der Waals surface area contributed by atoms with Crippen LogP contribution in [0.5, 0.6) is 0 Å². The van der Waals surface area contributed by atoms with Crippen LogP contribution in [0.1, 0.15) is 27.3 Å². The Morgan fingerprint density at radius 2 is 1.61 bits per heavy atom. The van der Waals surface area contributed by atoms with Gasteiger partial charge in [0.15, 0.2) is 11.4 Å². The van der Waals surface area contributed by atoms with E-state index < -0.39 is 36.1 Å². The topological polar surface area (TPSA) is 67.1 Å². The van der Waals surface area contributed by atoms with Crippen molar-refractivity contribution in [2.45, 2.75) is 12.0 Å². The third-order valence-electron chi connectivity index (χ3n) is 5.41.